The lowest BCUT2D eigenvalue weighted by Crippen LogP contribution is -2.37. The molecule has 29 heavy (non-hydrogen) atoms. The summed E-state index contributed by atoms with van der Waals surface area (Å²) < 4.78 is 11.0. The number of aryl methyl sites for hydroxylation is 2. The van der Waals surface area contributed by atoms with Crippen LogP contribution in [0.1, 0.15) is 23.7 Å². The van der Waals surface area contributed by atoms with Crippen molar-refractivity contribution in [2.24, 2.45) is 0 Å². The lowest BCUT2D eigenvalue weighted by Gasteiger charge is -2.15. The number of aromatic nitrogens is 1. The first-order valence-corrected chi connectivity index (χ1v) is 10.4. The summed E-state index contributed by atoms with van der Waals surface area (Å²) in [7, 11) is 1.65. The van der Waals surface area contributed by atoms with Crippen LogP contribution in [-0.4, -0.2) is 30.6 Å². The minimum absolute atomic E-state index is 0.130. The molecule has 1 amide bonds. The molecular formula is C23H26N2O3S. The predicted octanol–water partition coefficient (Wildman–Crippen LogP) is 4.56. The minimum atomic E-state index is -0.554. The van der Waals surface area contributed by atoms with Crippen LogP contribution in [0.25, 0.3) is 10.6 Å². The molecule has 1 heterocycles. The van der Waals surface area contributed by atoms with E-state index in [-0.39, 0.29) is 5.91 Å². The SMILES string of the molecule is COc1ccc(-c2nc(CCNC(=O)C(C)Oc3cc(C)cc(C)c3)cs2)cc1. The van der Waals surface area contributed by atoms with E-state index in [9.17, 15) is 4.79 Å². The number of hydrogen-bond donors (Lipinski definition) is 1. The largest absolute Gasteiger partial charge is 0.497 e. The highest BCUT2D eigenvalue weighted by molar-refractivity contribution is 7.13. The standard InChI is InChI=1S/C23H26N2O3S/c1-15-11-16(2)13-21(12-15)28-17(3)22(26)24-10-9-19-14-29-23(25-19)18-5-7-20(27-4)8-6-18/h5-8,11-14,17H,9-10H2,1-4H3,(H,24,26). The number of methoxy groups -OCH3 is 1. The van der Waals surface area contributed by atoms with Gasteiger partial charge in [0.25, 0.3) is 5.91 Å². The molecule has 0 spiro atoms. The maximum Gasteiger partial charge on any atom is 0.260 e. The van der Waals surface area contributed by atoms with Crippen molar-refractivity contribution in [2.75, 3.05) is 13.7 Å². The van der Waals surface area contributed by atoms with Crippen LogP contribution in [0.5, 0.6) is 11.5 Å². The highest BCUT2D eigenvalue weighted by Gasteiger charge is 2.15. The zero-order valence-electron chi connectivity index (χ0n) is 17.2. The summed E-state index contributed by atoms with van der Waals surface area (Å²) in [5, 5.41) is 5.92. The van der Waals surface area contributed by atoms with Gasteiger partial charge in [-0.05, 0) is 68.3 Å². The Morgan fingerprint density at radius 3 is 2.45 bits per heavy atom. The molecule has 152 valence electrons. The number of carbonyl (C=O) groups excluding carboxylic acids is 1. The van der Waals surface area contributed by atoms with Crippen molar-refractivity contribution in [1.29, 1.82) is 0 Å². The van der Waals surface area contributed by atoms with E-state index >= 15 is 0 Å². The van der Waals surface area contributed by atoms with Crippen LogP contribution in [0, 0.1) is 13.8 Å². The maximum atomic E-state index is 12.3. The Bertz CT molecular complexity index is 946. The fourth-order valence-corrected chi connectivity index (χ4v) is 3.86. The molecule has 6 heteroatoms. The molecule has 1 atom stereocenters. The molecule has 3 rings (SSSR count). The highest BCUT2D eigenvalue weighted by atomic mass is 32.1. The first-order valence-electron chi connectivity index (χ1n) is 9.56. The van der Waals surface area contributed by atoms with Crippen molar-refractivity contribution in [3.8, 4) is 22.1 Å². The normalized spacial score (nSPS) is 11.7. The lowest BCUT2D eigenvalue weighted by atomic mass is 10.1. The van der Waals surface area contributed by atoms with Crippen LogP contribution in [0.2, 0.25) is 0 Å². The van der Waals surface area contributed by atoms with Crippen LogP contribution in [0.3, 0.4) is 0 Å². The number of nitrogens with one attached hydrogen (secondary N) is 1. The Morgan fingerprint density at radius 2 is 1.79 bits per heavy atom. The van der Waals surface area contributed by atoms with Crippen LogP contribution in [0.4, 0.5) is 0 Å². The van der Waals surface area contributed by atoms with E-state index in [4.69, 9.17) is 9.47 Å². The molecule has 1 unspecified atom stereocenters. The molecule has 1 N–H and O–H groups in total. The van der Waals surface area contributed by atoms with E-state index in [1.807, 2.05) is 55.6 Å². The molecule has 3 aromatic rings. The smallest absolute Gasteiger partial charge is 0.260 e. The van der Waals surface area contributed by atoms with Crippen molar-refractivity contribution in [2.45, 2.75) is 33.3 Å². The molecule has 2 aromatic carbocycles. The molecule has 0 saturated carbocycles. The van der Waals surface area contributed by atoms with E-state index in [1.165, 1.54) is 0 Å². The van der Waals surface area contributed by atoms with Crippen LogP contribution in [-0.2, 0) is 11.2 Å². The van der Waals surface area contributed by atoms with Crippen molar-refractivity contribution >= 4 is 17.2 Å². The highest BCUT2D eigenvalue weighted by Crippen LogP contribution is 2.25. The fraction of sp³-hybridized carbons (Fsp3) is 0.304. The second-order valence-electron chi connectivity index (χ2n) is 7.00. The molecule has 1 aromatic heterocycles. The number of rotatable bonds is 8. The van der Waals surface area contributed by atoms with E-state index < -0.39 is 6.10 Å². The van der Waals surface area contributed by atoms with Crippen molar-refractivity contribution in [3.05, 3.63) is 64.7 Å². The van der Waals surface area contributed by atoms with Gasteiger partial charge in [0.05, 0.1) is 12.8 Å². The Hall–Kier alpha value is -2.86. The first kappa shape index (κ1) is 20.9. The van der Waals surface area contributed by atoms with Gasteiger partial charge in [-0.1, -0.05) is 6.07 Å². The van der Waals surface area contributed by atoms with E-state index in [1.54, 1.807) is 25.4 Å². The third kappa shape index (κ3) is 5.81. The Labute approximate surface area is 175 Å². The van der Waals surface area contributed by atoms with Gasteiger partial charge in [-0.25, -0.2) is 4.98 Å². The average Bonchev–Trinajstić information content (AvgIpc) is 3.16. The first-order chi connectivity index (χ1) is 13.9. The van der Waals surface area contributed by atoms with Gasteiger partial charge < -0.3 is 14.8 Å². The number of thiazole rings is 1. The fourth-order valence-electron chi connectivity index (χ4n) is 3.00. The Kier molecular flexibility index (Phi) is 6.88. The van der Waals surface area contributed by atoms with Crippen molar-refractivity contribution in [3.63, 3.8) is 0 Å². The molecule has 0 aliphatic rings. The maximum absolute atomic E-state index is 12.3. The van der Waals surface area contributed by atoms with Crippen LogP contribution < -0.4 is 14.8 Å². The minimum Gasteiger partial charge on any atom is -0.497 e. The summed E-state index contributed by atoms with van der Waals surface area (Å²) in [5.41, 5.74) is 4.25. The molecule has 0 bridgehead atoms. The summed E-state index contributed by atoms with van der Waals surface area (Å²) in [4.78, 5) is 17.0. The number of hydrogen-bond acceptors (Lipinski definition) is 5. The zero-order chi connectivity index (χ0) is 20.8. The van der Waals surface area contributed by atoms with E-state index in [0.717, 1.165) is 33.1 Å². The molecule has 5 nitrogen and oxygen atoms in total. The van der Waals surface area contributed by atoms with Crippen molar-refractivity contribution in [1.82, 2.24) is 10.3 Å². The molecule has 0 fully saturated rings. The van der Waals surface area contributed by atoms with Crippen LogP contribution in [0.15, 0.2) is 47.8 Å². The number of carbonyl (C=O) groups is 1. The third-order valence-corrected chi connectivity index (χ3v) is 5.39. The molecular weight excluding hydrogens is 384 g/mol. The average molecular weight is 411 g/mol. The lowest BCUT2D eigenvalue weighted by molar-refractivity contribution is -0.127. The summed E-state index contributed by atoms with van der Waals surface area (Å²) in [6.45, 7) is 6.31. The third-order valence-electron chi connectivity index (χ3n) is 4.45. The number of nitrogens with zero attached hydrogens (tertiary/aromatic N) is 1. The second kappa shape index (κ2) is 9.56. The van der Waals surface area contributed by atoms with Gasteiger partial charge in [-0.3, -0.25) is 4.79 Å². The monoisotopic (exact) mass is 410 g/mol. The molecule has 0 radical (unpaired) electrons. The van der Waals surface area contributed by atoms with Gasteiger partial charge in [0.15, 0.2) is 6.10 Å². The van der Waals surface area contributed by atoms with Gasteiger partial charge in [-0.2, -0.15) is 0 Å². The van der Waals surface area contributed by atoms with Gasteiger partial charge in [0.1, 0.15) is 16.5 Å². The summed E-state index contributed by atoms with van der Waals surface area (Å²) in [6, 6.07) is 13.8. The van der Waals surface area contributed by atoms with Gasteiger partial charge >= 0.3 is 0 Å². The Morgan fingerprint density at radius 1 is 1.10 bits per heavy atom. The number of ether oxygens (including phenoxy) is 2. The Balaban J connectivity index is 1.49. The van der Waals surface area contributed by atoms with Crippen molar-refractivity contribution < 1.29 is 14.3 Å². The molecule has 0 aliphatic heterocycles. The topological polar surface area (TPSA) is 60.5 Å². The quantitative estimate of drug-likeness (QED) is 0.591. The zero-order valence-corrected chi connectivity index (χ0v) is 18.0. The number of benzene rings is 2. The summed E-state index contributed by atoms with van der Waals surface area (Å²) in [6.07, 6.45) is 0.121. The molecule has 0 saturated heterocycles. The second-order valence-corrected chi connectivity index (χ2v) is 7.86. The molecule has 0 aliphatic carbocycles. The van der Waals surface area contributed by atoms with E-state index in [0.29, 0.717) is 18.7 Å². The van der Waals surface area contributed by atoms with Gasteiger partial charge in [0.2, 0.25) is 0 Å². The predicted molar refractivity (Wildman–Crippen MR) is 117 cm³/mol. The van der Waals surface area contributed by atoms with Gasteiger partial charge in [-0.15, -0.1) is 11.3 Å². The summed E-state index contributed by atoms with van der Waals surface area (Å²) >= 11 is 1.60. The van der Waals surface area contributed by atoms with Crippen LogP contribution >= 0.6 is 11.3 Å². The van der Waals surface area contributed by atoms with Gasteiger partial charge in [0, 0.05) is 23.9 Å². The van der Waals surface area contributed by atoms with E-state index in [2.05, 4.69) is 16.4 Å². The summed E-state index contributed by atoms with van der Waals surface area (Å²) in [5.74, 6) is 1.41. The number of amides is 1.